The van der Waals surface area contributed by atoms with Gasteiger partial charge in [-0.3, -0.25) is 10.1 Å². The SMILES string of the molecule is CC1CCC(Nc2ccc3scnc3c2[N+](=O)[O-])CC1. The Bertz CT molecular complexity index is 632. The number of fused-ring (bicyclic) bond motifs is 1. The predicted octanol–water partition coefficient (Wildman–Crippen LogP) is 4.20. The monoisotopic (exact) mass is 291 g/mol. The third-order valence-corrected chi connectivity index (χ3v) is 4.83. The maximum Gasteiger partial charge on any atom is 0.319 e. The number of rotatable bonds is 3. The van der Waals surface area contributed by atoms with E-state index in [4.69, 9.17) is 0 Å². The number of nitro groups is 1. The first-order valence-electron chi connectivity index (χ1n) is 6.92. The van der Waals surface area contributed by atoms with Gasteiger partial charge in [0.15, 0.2) is 5.52 Å². The topological polar surface area (TPSA) is 68.1 Å². The molecule has 1 fully saturated rings. The molecule has 2 aromatic rings. The highest BCUT2D eigenvalue weighted by Crippen LogP contribution is 2.36. The van der Waals surface area contributed by atoms with Gasteiger partial charge in [-0.25, -0.2) is 4.98 Å². The minimum absolute atomic E-state index is 0.113. The summed E-state index contributed by atoms with van der Waals surface area (Å²) in [5, 5.41) is 14.7. The van der Waals surface area contributed by atoms with Gasteiger partial charge in [0.1, 0.15) is 5.69 Å². The lowest BCUT2D eigenvalue weighted by Gasteiger charge is -2.27. The van der Waals surface area contributed by atoms with Crippen molar-refractivity contribution in [3.8, 4) is 0 Å². The van der Waals surface area contributed by atoms with Gasteiger partial charge in [-0.2, -0.15) is 0 Å². The Morgan fingerprint density at radius 2 is 2.10 bits per heavy atom. The van der Waals surface area contributed by atoms with Crippen molar-refractivity contribution >= 4 is 32.9 Å². The number of benzene rings is 1. The smallest absolute Gasteiger partial charge is 0.319 e. The molecule has 1 aromatic heterocycles. The van der Waals surface area contributed by atoms with Gasteiger partial charge in [-0.15, -0.1) is 11.3 Å². The molecule has 1 aliphatic carbocycles. The van der Waals surface area contributed by atoms with Gasteiger partial charge in [0, 0.05) is 6.04 Å². The molecular formula is C14H17N3O2S. The highest BCUT2D eigenvalue weighted by molar-refractivity contribution is 7.16. The Morgan fingerprint density at radius 1 is 1.35 bits per heavy atom. The van der Waals surface area contributed by atoms with Crippen molar-refractivity contribution in [2.45, 2.75) is 38.6 Å². The summed E-state index contributed by atoms with van der Waals surface area (Å²) in [5.41, 5.74) is 2.87. The number of anilines is 1. The average molecular weight is 291 g/mol. The Balaban J connectivity index is 1.90. The van der Waals surface area contributed by atoms with E-state index in [0.717, 1.165) is 23.5 Å². The minimum Gasteiger partial charge on any atom is -0.377 e. The second kappa shape index (κ2) is 5.36. The molecule has 1 aliphatic rings. The number of nitro benzene ring substituents is 1. The molecule has 0 radical (unpaired) electrons. The van der Waals surface area contributed by atoms with Crippen LogP contribution in [0, 0.1) is 16.0 Å². The zero-order valence-corrected chi connectivity index (χ0v) is 12.2. The summed E-state index contributed by atoms with van der Waals surface area (Å²) in [5.74, 6) is 0.768. The maximum atomic E-state index is 11.4. The van der Waals surface area contributed by atoms with Gasteiger partial charge >= 0.3 is 5.69 Å². The first-order valence-corrected chi connectivity index (χ1v) is 7.80. The van der Waals surface area contributed by atoms with Crippen LogP contribution in [-0.4, -0.2) is 15.9 Å². The number of hydrogen-bond acceptors (Lipinski definition) is 5. The standard InChI is InChI=1S/C14H17N3O2S/c1-9-2-4-10(5-3-9)16-11-6-7-12-13(15-8-20-12)14(11)17(18)19/h6-10,16H,2-5H2,1H3. The van der Waals surface area contributed by atoms with Crippen molar-refractivity contribution in [1.29, 1.82) is 0 Å². The van der Waals surface area contributed by atoms with Gasteiger partial charge in [0.05, 0.1) is 15.1 Å². The molecule has 0 spiro atoms. The number of hydrogen-bond donors (Lipinski definition) is 1. The van der Waals surface area contributed by atoms with Gasteiger partial charge < -0.3 is 5.32 Å². The van der Waals surface area contributed by atoms with Crippen LogP contribution in [0.1, 0.15) is 32.6 Å². The fourth-order valence-electron chi connectivity index (χ4n) is 2.84. The van der Waals surface area contributed by atoms with Crippen LogP contribution >= 0.6 is 11.3 Å². The van der Waals surface area contributed by atoms with Gasteiger partial charge in [-0.1, -0.05) is 6.92 Å². The lowest BCUT2D eigenvalue weighted by molar-refractivity contribution is -0.382. The second-order valence-electron chi connectivity index (χ2n) is 5.52. The molecule has 3 rings (SSSR count). The van der Waals surface area contributed by atoms with Crippen LogP contribution < -0.4 is 5.32 Å². The number of thiazole rings is 1. The molecule has 5 nitrogen and oxygen atoms in total. The Hall–Kier alpha value is -1.69. The van der Waals surface area contributed by atoms with Crippen molar-refractivity contribution < 1.29 is 4.92 Å². The summed E-state index contributed by atoms with van der Waals surface area (Å²) in [7, 11) is 0. The highest BCUT2D eigenvalue weighted by atomic mass is 32.1. The van der Waals surface area contributed by atoms with E-state index in [1.165, 1.54) is 24.2 Å². The first kappa shape index (κ1) is 13.3. The molecular weight excluding hydrogens is 274 g/mol. The molecule has 1 N–H and O–H groups in total. The van der Waals surface area contributed by atoms with E-state index in [2.05, 4.69) is 17.2 Å². The molecule has 0 unspecified atom stereocenters. The molecule has 1 aromatic carbocycles. The van der Waals surface area contributed by atoms with E-state index >= 15 is 0 Å². The second-order valence-corrected chi connectivity index (χ2v) is 6.41. The molecule has 0 bridgehead atoms. The molecule has 20 heavy (non-hydrogen) atoms. The van der Waals surface area contributed by atoms with Crippen LogP contribution in [0.3, 0.4) is 0 Å². The van der Waals surface area contributed by atoms with E-state index < -0.39 is 0 Å². The quantitative estimate of drug-likeness (QED) is 0.680. The minimum atomic E-state index is -0.324. The lowest BCUT2D eigenvalue weighted by Crippen LogP contribution is -2.25. The highest BCUT2D eigenvalue weighted by Gasteiger charge is 2.24. The van der Waals surface area contributed by atoms with E-state index in [0.29, 0.717) is 17.2 Å². The fraction of sp³-hybridized carbons (Fsp3) is 0.500. The number of nitrogens with zero attached hydrogens (tertiary/aromatic N) is 2. The van der Waals surface area contributed by atoms with Crippen molar-refractivity contribution in [2.24, 2.45) is 5.92 Å². The Morgan fingerprint density at radius 3 is 2.80 bits per heavy atom. The molecule has 1 saturated carbocycles. The van der Waals surface area contributed by atoms with E-state index in [9.17, 15) is 10.1 Å². The first-order chi connectivity index (χ1) is 9.65. The molecule has 6 heteroatoms. The zero-order valence-electron chi connectivity index (χ0n) is 11.3. The number of aromatic nitrogens is 1. The van der Waals surface area contributed by atoms with Crippen LogP contribution in [0.25, 0.3) is 10.2 Å². The van der Waals surface area contributed by atoms with Crippen molar-refractivity contribution in [2.75, 3.05) is 5.32 Å². The van der Waals surface area contributed by atoms with E-state index in [1.54, 1.807) is 5.51 Å². The summed E-state index contributed by atoms with van der Waals surface area (Å²) in [6, 6.07) is 4.06. The van der Waals surface area contributed by atoms with Gasteiger partial charge in [-0.05, 0) is 43.7 Å². The van der Waals surface area contributed by atoms with Gasteiger partial charge in [0.2, 0.25) is 0 Å². The third kappa shape index (κ3) is 2.47. The summed E-state index contributed by atoms with van der Waals surface area (Å²) in [4.78, 5) is 15.2. The van der Waals surface area contributed by atoms with Crippen LogP contribution in [0.15, 0.2) is 17.6 Å². The maximum absolute atomic E-state index is 11.4. The van der Waals surface area contributed by atoms with Crippen molar-refractivity contribution in [3.05, 3.63) is 27.8 Å². The summed E-state index contributed by atoms with van der Waals surface area (Å²) >= 11 is 1.43. The Labute approximate surface area is 121 Å². The molecule has 0 amide bonds. The van der Waals surface area contributed by atoms with Gasteiger partial charge in [0.25, 0.3) is 0 Å². The van der Waals surface area contributed by atoms with Crippen molar-refractivity contribution in [1.82, 2.24) is 4.98 Å². The lowest BCUT2D eigenvalue weighted by atomic mass is 9.87. The molecule has 0 atom stereocenters. The van der Waals surface area contributed by atoms with Crippen LogP contribution in [-0.2, 0) is 0 Å². The molecule has 0 saturated heterocycles. The average Bonchev–Trinajstić information content (AvgIpc) is 2.89. The van der Waals surface area contributed by atoms with Crippen LogP contribution in [0.4, 0.5) is 11.4 Å². The normalized spacial score (nSPS) is 22.9. The van der Waals surface area contributed by atoms with E-state index in [-0.39, 0.29) is 10.6 Å². The van der Waals surface area contributed by atoms with Crippen molar-refractivity contribution in [3.63, 3.8) is 0 Å². The fourth-order valence-corrected chi connectivity index (χ4v) is 3.52. The molecule has 106 valence electrons. The van der Waals surface area contributed by atoms with Crippen LogP contribution in [0.2, 0.25) is 0 Å². The third-order valence-electron chi connectivity index (χ3n) is 4.03. The number of nitrogens with one attached hydrogen (secondary N) is 1. The zero-order chi connectivity index (χ0) is 14.1. The van der Waals surface area contributed by atoms with E-state index in [1.807, 2.05) is 12.1 Å². The molecule has 0 aliphatic heterocycles. The summed E-state index contributed by atoms with van der Waals surface area (Å²) < 4.78 is 0.861. The predicted molar refractivity (Wildman–Crippen MR) is 81.3 cm³/mol. The Kier molecular flexibility index (Phi) is 3.56. The summed E-state index contributed by atoms with van der Waals surface area (Å²) in [6.07, 6.45) is 4.52. The van der Waals surface area contributed by atoms with Crippen LogP contribution in [0.5, 0.6) is 0 Å². The summed E-state index contributed by atoms with van der Waals surface area (Å²) in [6.45, 7) is 2.26. The molecule has 1 heterocycles. The largest absolute Gasteiger partial charge is 0.377 e.